The van der Waals surface area contributed by atoms with E-state index in [0.717, 1.165) is 11.3 Å². The van der Waals surface area contributed by atoms with Gasteiger partial charge in [0, 0.05) is 0 Å². The van der Waals surface area contributed by atoms with Crippen molar-refractivity contribution in [1.29, 1.82) is 0 Å². The number of nitrogens with one attached hydrogen (secondary N) is 1. The van der Waals surface area contributed by atoms with Crippen molar-refractivity contribution in [3.05, 3.63) is 39.7 Å². The summed E-state index contributed by atoms with van der Waals surface area (Å²) in [5.41, 5.74) is 0. The normalized spacial score (nSPS) is 12.1. The summed E-state index contributed by atoms with van der Waals surface area (Å²) in [6.07, 6.45) is 1.28. The first kappa shape index (κ1) is 13.3. The van der Waals surface area contributed by atoms with Crippen LogP contribution in [0.1, 0.15) is 44.0 Å². The van der Waals surface area contributed by atoms with Gasteiger partial charge in [0.2, 0.25) is 0 Å². The van der Waals surface area contributed by atoms with Crippen LogP contribution in [0.4, 0.5) is 0 Å². The zero-order valence-corrected chi connectivity index (χ0v) is 11.2. The number of carboxylic acid groups (broad SMARTS) is 1. The zero-order chi connectivity index (χ0) is 14.0. The van der Waals surface area contributed by atoms with Crippen molar-refractivity contribution in [3.8, 4) is 0 Å². The average molecular weight is 280 g/mol. The van der Waals surface area contributed by atoms with Gasteiger partial charge in [-0.25, -0.2) is 9.78 Å². The monoisotopic (exact) mass is 280 g/mol. The minimum Gasteiger partial charge on any atom is -0.477 e. The Morgan fingerprint density at radius 3 is 2.74 bits per heavy atom. The summed E-state index contributed by atoms with van der Waals surface area (Å²) in [6, 6.07) is 2.91. The van der Waals surface area contributed by atoms with Gasteiger partial charge in [-0.1, -0.05) is 0 Å². The molecule has 1 unspecified atom stereocenters. The van der Waals surface area contributed by atoms with E-state index >= 15 is 0 Å². The number of aryl methyl sites for hydroxylation is 1. The zero-order valence-electron chi connectivity index (χ0n) is 10.3. The van der Waals surface area contributed by atoms with E-state index in [1.165, 1.54) is 6.20 Å². The molecule has 6 nitrogen and oxygen atoms in total. The van der Waals surface area contributed by atoms with Crippen molar-refractivity contribution in [1.82, 2.24) is 10.3 Å². The van der Waals surface area contributed by atoms with E-state index in [1.54, 1.807) is 26.0 Å². The molecule has 0 aliphatic heterocycles. The van der Waals surface area contributed by atoms with E-state index in [0.29, 0.717) is 10.8 Å². The number of rotatable bonds is 4. The fourth-order valence-electron chi connectivity index (χ4n) is 1.47. The molecule has 0 aliphatic carbocycles. The van der Waals surface area contributed by atoms with Crippen LogP contribution in [-0.2, 0) is 0 Å². The Kier molecular flexibility index (Phi) is 3.66. The van der Waals surface area contributed by atoms with Crippen LogP contribution in [0, 0.1) is 6.92 Å². The highest BCUT2D eigenvalue weighted by atomic mass is 32.1. The molecular weight excluding hydrogens is 268 g/mol. The van der Waals surface area contributed by atoms with Gasteiger partial charge < -0.3 is 14.8 Å². The summed E-state index contributed by atoms with van der Waals surface area (Å²) in [6.45, 7) is 3.48. The predicted molar refractivity (Wildman–Crippen MR) is 68.4 cm³/mol. The number of thiazole rings is 1. The summed E-state index contributed by atoms with van der Waals surface area (Å²) >= 11 is 1.04. The SMILES string of the molecule is Cc1ccc(C(=O)NC(C)c2ncc(C(=O)O)s2)o1. The van der Waals surface area contributed by atoms with Gasteiger partial charge in [0.05, 0.1) is 12.2 Å². The third-order valence-electron chi connectivity index (χ3n) is 2.42. The first-order valence-corrected chi connectivity index (χ1v) is 6.35. The Labute approximate surface area is 113 Å². The number of aromatic nitrogens is 1. The number of carboxylic acids is 1. The molecule has 2 N–H and O–H groups in total. The molecule has 19 heavy (non-hydrogen) atoms. The highest BCUT2D eigenvalue weighted by molar-refractivity contribution is 7.13. The van der Waals surface area contributed by atoms with Crippen LogP contribution in [0.15, 0.2) is 22.7 Å². The molecule has 0 aromatic carbocycles. The lowest BCUT2D eigenvalue weighted by Gasteiger charge is -2.09. The fraction of sp³-hybridized carbons (Fsp3) is 0.250. The molecule has 0 bridgehead atoms. The van der Waals surface area contributed by atoms with Gasteiger partial charge in [0.1, 0.15) is 15.6 Å². The molecule has 0 saturated carbocycles. The molecule has 2 aromatic heterocycles. The molecule has 2 aromatic rings. The fourth-order valence-corrected chi connectivity index (χ4v) is 2.23. The van der Waals surface area contributed by atoms with Crippen LogP contribution >= 0.6 is 11.3 Å². The van der Waals surface area contributed by atoms with Crippen molar-refractivity contribution in [2.75, 3.05) is 0 Å². The van der Waals surface area contributed by atoms with Crippen molar-refractivity contribution in [2.24, 2.45) is 0 Å². The van der Waals surface area contributed by atoms with Crippen LogP contribution in [0.25, 0.3) is 0 Å². The lowest BCUT2D eigenvalue weighted by molar-refractivity contribution is 0.0701. The molecule has 0 fully saturated rings. The topological polar surface area (TPSA) is 92.4 Å². The molecule has 1 amide bonds. The van der Waals surface area contributed by atoms with E-state index < -0.39 is 5.97 Å². The van der Waals surface area contributed by atoms with E-state index in [-0.39, 0.29) is 22.6 Å². The van der Waals surface area contributed by atoms with Gasteiger partial charge in [-0.05, 0) is 26.0 Å². The van der Waals surface area contributed by atoms with Crippen LogP contribution in [0.2, 0.25) is 0 Å². The smallest absolute Gasteiger partial charge is 0.347 e. The molecule has 0 aliphatic rings. The maximum atomic E-state index is 11.8. The van der Waals surface area contributed by atoms with Gasteiger partial charge in [-0.15, -0.1) is 11.3 Å². The Hall–Kier alpha value is -2.15. The highest BCUT2D eigenvalue weighted by Crippen LogP contribution is 2.20. The van der Waals surface area contributed by atoms with Crippen LogP contribution < -0.4 is 5.32 Å². The maximum Gasteiger partial charge on any atom is 0.347 e. The number of furan rings is 1. The van der Waals surface area contributed by atoms with E-state index in [4.69, 9.17) is 9.52 Å². The van der Waals surface area contributed by atoms with Gasteiger partial charge in [0.25, 0.3) is 5.91 Å². The van der Waals surface area contributed by atoms with Gasteiger partial charge in [-0.2, -0.15) is 0 Å². The first-order chi connectivity index (χ1) is 8.97. The van der Waals surface area contributed by atoms with E-state index in [9.17, 15) is 9.59 Å². The largest absolute Gasteiger partial charge is 0.477 e. The second-order valence-corrected chi connectivity index (χ2v) is 5.04. The number of carbonyl (C=O) groups is 2. The molecule has 0 radical (unpaired) electrons. The molecule has 100 valence electrons. The number of hydrogen-bond donors (Lipinski definition) is 2. The number of amides is 1. The van der Waals surface area contributed by atoms with Gasteiger partial charge >= 0.3 is 5.97 Å². The average Bonchev–Trinajstić information content (AvgIpc) is 2.96. The van der Waals surface area contributed by atoms with Crippen molar-refractivity contribution >= 4 is 23.2 Å². The Balaban J connectivity index is 2.05. The van der Waals surface area contributed by atoms with Crippen LogP contribution in [-0.4, -0.2) is 22.0 Å². The van der Waals surface area contributed by atoms with Gasteiger partial charge in [0.15, 0.2) is 5.76 Å². The molecule has 2 rings (SSSR count). The van der Waals surface area contributed by atoms with Crippen molar-refractivity contribution < 1.29 is 19.1 Å². The Bertz CT molecular complexity index is 617. The third-order valence-corrected chi connectivity index (χ3v) is 3.58. The highest BCUT2D eigenvalue weighted by Gasteiger charge is 2.18. The third kappa shape index (κ3) is 3.00. The minimum absolute atomic E-state index is 0.143. The number of carbonyl (C=O) groups excluding carboxylic acids is 1. The molecular formula is C12H12N2O4S. The Morgan fingerprint density at radius 2 is 2.21 bits per heavy atom. The Morgan fingerprint density at radius 1 is 1.47 bits per heavy atom. The van der Waals surface area contributed by atoms with E-state index in [1.807, 2.05) is 0 Å². The molecule has 2 heterocycles. The molecule has 1 atom stereocenters. The van der Waals surface area contributed by atoms with Crippen molar-refractivity contribution in [2.45, 2.75) is 19.9 Å². The second-order valence-electron chi connectivity index (χ2n) is 3.97. The standard InChI is InChI=1S/C12H12N2O4S/c1-6-3-4-8(18-6)10(15)14-7(2)11-13-5-9(19-11)12(16)17/h3-5,7H,1-2H3,(H,14,15)(H,16,17). The molecule has 0 saturated heterocycles. The number of nitrogens with zero attached hydrogens (tertiary/aromatic N) is 1. The second kappa shape index (κ2) is 5.23. The number of hydrogen-bond acceptors (Lipinski definition) is 5. The minimum atomic E-state index is -1.02. The summed E-state index contributed by atoms with van der Waals surface area (Å²) in [4.78, 5) is 26.7. The van der Waals surface area contributed by atoms with Crippen LogP contribution in [0.5, 0.6) is 0 Å². The lowest BCUT2D eigenvalue weighted by atomic mass is 10.3. The quantitative estimate of drug-likeness (QED) is 0.896. The molecule has 7 heteroatoms. The maximum absolute atomic E-state index is 11.8. The lowest BCUT2D eigenvalue weighted by Crippen LogP contribution is -2.26. The summed E-state index contributed by atoms with van der Waals surface area (Å²) < 4.78 is 5.20. The van der Waals surface area contributed by atoms with Gasteiger partial charge in [-0.3, -0.25) is 4.79 Å². The number of aromatic carboxylic acids is 1. The molecule has 0 spiro atoms. The first-order valence-electron chi connectivity index (χ1n) is 5.53. The van der Waals surface area contributed by atoms with Crippen LogP contribution in [0.3, 0.4) is 0 Å². The summed E-state index contributed by atoms with van der Waals surface area (Å²) in [7, 11) is 0. The summed E-state index contributed by atoms with van der Waals surface area (Å²) in [5.74, 6) is -0.504. The predicted octanol–water partition coefficient (Wildman–Crippen LogP) is 2.23. The summed E-state index contributed by atoms with van der Waals surface area (Å²) in [5, 5.41) is 12.0. The van der Waals surface area contributed by atoms with Crippen molar-refractivity contribution in [3.63, 3.8) is 0 Å². The van der Waals surface area contributed by atoms with E-state index in [2.05, 4.69) is 10.3 Å².